The van der Waals surface area contributed by atoms with Gasteiger partial charge in [0.1, 0.15) is 6.04 Å². The van der Waals surface area contributed by atoms with Gasteiger partial charge in [0.05, 0.1) is 0 Å². The first-order valence-corrected chi connectivity index (χ1v) is 11.1. The van der Waals surface area contributed by atoms with E-state index in [1.54, 1.807) is 43.5 Å². The zero-order valence-corrected chi connectivity index (χ0v) is 19.3. The molecule has 0 saturated heterocycles. The van der Waals surface area contributed by atoms with Crippen LogP contribution in [0.3, 0.4) is 0 Å². The molecule has 8 heteroatoms. The van der Waals surface area contributed by atoms with E-state index in [-0.39, 0.29) is 25.4 Å². The molecule has 3 aromatic rings. The highest BCUT2D eigenvalue weighted by Gasteiger charge is 2.28. The van der Waals surface area contributed by atoms with Crippen molar-refractivity contribution in [2.75, 3.05) is 26.0 Å². The summed E-state index contributed by atoms with van der Waals surface area (Å²) in [6.07, 6.45) is 3.12. The Morgan fingerprint density at radius 3 is 2.20 bits per heavy atom. The predicted molar refractivity (Wildman–Crippen MR) is 129 cm³/mol. The lowest BCUT2D eigenvalue weighted by molar-refractivity contribution is -0.133. The number of anilines is 1. The van der Waals surface area contributed by atoms with Gasteiger partial charge in [-0.05, 0) is 48.4 Å². The van der Waals surface area contributed by atoms with Crippen molar-refractivity contribution in [3.8, 4) is 23.0 Å². The van der Waals surface area contributed by atoms with Crippen molar-refractivity contribution < 1.29 is 28.5 Å². The number of likely N-dealkylation sites (N-methyl/N-ethyl adjacent to an activating group) is 1. The average molecular weight is 472 g/mol. The van der Waals surface area contributed by atoms with E-state index in [9.17, 15) is 9.59 Å². The number of amides is 2. The zero-order valence-electron chi connectivity index (χ0n) is 19.3. The molecule has 0 unspecified atom stereocenters. The number of rotatable bonds is 6. The van der Waals surface area contributed by atoms with Gasteiger partial charge in [-0.3, -0.25) is 9.59 Å². The number of hydrogen-bond acceptors (Lipinski definition) is 6. The van der Waals surface area contributed by atoms with Gasteiger partial charge in [0, 0.05) is 24.9 Å². The lowest BCUT2D eigenvalue weighted by Crippen LogP contribution is -2.37. The van der Waals surface area contributed by atoms with Crippen LogP contribution in [-0.2, 0) is 9.59 Å². The topological polar surface area (TPSA) is 86.3 Å². The Labute approximate surface area is 202 Å². The van der Waals surface area contributed by atoms with E-state index in [4.69, 9.17) is 18.9 Å². The van der Waals surface area contributed by atoms with Gasteiger partial charge in [-0.1, -0.05) is 35.9 Å². The quantitative estimate of drug-likeness (QED) is 0.539. The second-order valence-electron chi connectivity index (χ2n) is 8.27. The summed E-state index contributed by atoms with van der Waals surface area (Å²) >= 11 is 0. The summed E-state index contributed by atoms with van der Waals surface area (Å²) in [5.74, 6) is 1.82. The van der Waals surface area contributed by atoms with E-state index >= 15 is 0 Å². The van der Waals surface area contributed by atoms with E-state index in [2.05, 4.69) is 5.32 Å². The molecule has 178 valence electrons. The molecular formula is C27H24N2O6. The second kappa shape index (κ2) is 9.42. The van der Waals surface area contributed by atoms with E-state index in [0.29, 0.717) is 34.2 Å². The van der Waals surface area contributed by atoms with Crippen molar-refractivity contribution in [3.05, 3.63) is 83.4 Å². The lowest BCUT2D eigenvalue weighted by Gasteiger charge is -2.27. The fraction of sp³-hybridized carbons (Fsp3) is 0.185. The first-order chi connectivity index (χ1) is 17.0. The van der Waals surface area contributed by atoms with Crippen LogP contribution in [0.1, 0.15) is 22.7 Å². The number of carbonyl (C=O) groups excluding carboxylic acids is 2. The summed E-state index contributed by atoms with van der Waals surface area (Å²) in [5, 5.41) is 2.90. The monoisotopic (exact) mass is 472 g/mol. The van der Waals surface area contributed by atoms with Crippen molar-refractivity contribution in [2.45, 2.75) is 13.0 Å². The van der Waals surface area contributed by atoms with Gasteiger partial charge in [0.2, 0.25) is 19.5 Å². The molecule has 0 spiro atoms. The summed E-state index contributed by atoms with van der Waals surface area (Å²) in [6, 6.07) is 17.3. The summed E-state index contributed by atoms with van der Waals surface area (Å²) in [7, 11) is 1.61. The Morgan fingerprint density at radius 2 is 1.49 bits per heavy atom. The maximum absolute atomic E-state index is 13.4. The molecule has 8 nitrogen and oxygen atoms in total. The van der Waals surface area contributed by atoms with E-state index in [1.807, 2.05) is 37.3 Å². The number of hydrogen-bond donors (Lipinski definition) is 1. The third-order valence-electron chi connectivity index (χ3n) is 5.83. The van der Waals surface area contributed by atoms with Gasteiger partial charge >= 0.3 is 0 Å². The molecule has 2 aliphatic rings. The minimum atomic E-state index is -0.852. The molecule has 1 atom stereocenters. The van der Waals surface area contributed by atoms with E-state index in [1.165, 1.54) is 11.0 Å². The number of benzene rings is 3. The Bertz CT molecular complexity index is 1300. The van der Waals surface area contributed by atoms with Crippen LogP contribution in [0.4, 0.5) is 5.69 Å². The highest BCUT2D eigenvalue weighted by Crippen LogP contribution is 2.35. The largest absolute Gasteiger partial charge is 0.454 e. The van der Waals surface area contributed by atoms with E-state index in [0.717, 1.165) is 11.1 Å². The average Bonchev–Trinajstić information content (AvgIpc) is 3.52. The van der Waals surface area contributed by atoms with Crippen molar-refractivity contribution in [1.29, 1.82) is 0 Å². The summed E-state index contributed by atoms with van der Waals surface area (Å²) in [5.41, 5.74) is 3.09. The molecule has 0 aliphatic carbocycles. The highest BCUT2D eigenvalue weighted by molar-refractivity contribution is 6.00. The van der Waals surface area contributed by atoms with Crippen LogP contribution in [0.25, 0.3) is 6.08 Å². The van der Waals surface area contributed by atoms with Crippen molar-refractivity contribution >= 4 is 23.6 Å². The number of nitrogens with zero attached hydrogens (tertiary/aromatic N) is 1. The van der Waals surface area contributed by atoms with Crippen LogP contribution >= 0.6 is 0 Å². The standard InChI is InChI=1S/C27H24N2O6/c1-17-3-7-19(8-4-17)26(27(31)28-20-9-11-22-24(14-20)35-16-33-22)29(2)25(30)12-6-18-5-10-21-23(13-18)34-15-32-21/h3-14,26H,15-16H2,1-2H3,(H,28,31)/b12-6+/t26-/m1/s1. The minimum absolute atomic E-state index is 0.145. The number of aryl methyl sites for hydroxylation is 1. The van der Waals surface area contributed by atoms with Crippen molar-refractivity contribution in [2.24, 2.45) is 0 Å². The van der Waals surface area contributed by atoms with Gasteiger partial charge in [-0.15, -0.1) is 0 Å². The molecule has 2 amide bonds. The van der Waals surface area contributed by atoms with Crippen LogP contribution < -0.4 is 24.3 Å². The molecule has 1 N–H and O–H groups in total. The Kier molecular flexibility index (Phi) is 6.01. The van der Waals surface area contributed by atoms with Crippen LogP contribution in [0.5, 0.6) is 23.0 Å². The van der Waals surface area contributed by atoms with Crippen LogP contribution in [0.15, 0.2) is 66.7 Å². The summed E-state index contributed by atoms with van der Waals surface area (Å²) < 4.78 is 21.5. The zero-order chi connectivity index (χ0) is 24.4. The van der Waals surface area contributed by atoms with Gasteiger partial charge in [-0.2, -0.15) is 0 Å². The predicted octanol–water partition coefficient (Wildman–Crippen LogP) is 4.30. The Balaban J connectivity index is 1.37. The molecule has 0 bridgehead atoms. The Hall–Kier alpha value is -4.46. The fourth-order valence-corrected chi connectivity index (χ4v) is 3.91. The number of nitrogens with one attached hydrogen (secondary N) is 1. The molecule has 0 fully saturated rings. The van der Waals surface area contributed by atoms with Crippen molar-refractivity contribution in [1.82, 2.24) is 4.90 Å². The smallest absolute Gasteiger partial charge is 0.251 e. The van der Waals surface area contributed by atoms with Gasteiger partial charge in [-0.25, -0.2) is 0 Å². The number of ether oxygens (including phenoxy) is 4. The highest BCUT2D eigenvalue weighted by atomic mass is 16.7. The minimum Gasteiger partial charge on any atom is -0.454 e. The molecule has 3 aromatic carbocycles. The van der Waals surface area contributed by atoms with Crippen LogP contribution in [0, 0.1) is 6.92 Å². The molecular weight excluding hydrogens is 448 g/mol. The third kappa shape index (κ3) is 4.77. The molecule has 0 saturated carbocycles. The molecule has 2 heterocycles. The van der Waals surface area contributed by atoms with Crippen molar-refractivity contribution in [3.63, 3.8) is 0 Å². The van der Waals surface area contributed by atoms with Crippen LogP contribution in [-0.4, -0.2) is 37.3 Å². The summed E-state index contributed by atoms with van der Waals surface area (Å²) in [6.45, 7) is 2.29. The van der Waals surface area contributed by atoms with Gasteiger partial charge < -0.3 is 29.2 Å². The van der Waals surface area contributed by atoms with E-state index < -0.39 is 6.04 Å². The maximum atomic E-state index is 13.4. The summed E-state index contributed by atoms with van der Waals surface area (Å²) in [4.78, 5) is 27.9. The molecule has 0 aromatic heterocycles. The van der Waals surface area contributed by atoms with Gasteiger partial charge in [0.15, 0.2) is 23.0 Å². The lowest BCUT2D eigenvalue weighted by atomic mass is 10.0. The molecule has 35 heavy (non-hydrogen) atoms. The number of carbonyl (C=O) groups is 2. The molecule has 0 radical (unpaired) electrons. The normalized spacial score (nSPS) is 14.1. The Morgan fingerprint density at radius 1 is 0.857 bits per heavy atom. The van der Waals surface area contributed by atoms with Crippen LogP contribution in [0.2, 0.25) is 0 Å². The van der Waals surface area contributed by atoms with Gasteiger partial charge in [0.25, 0.3) is 5.91 Å². The first kappa shape index (κ1) is 22.3. The molecule has 2 aliphatic heterocycles. The fourth-order valence-electron chi connectivity index (χ4n) is 3.91. The first-order valence-electron chi connectivity index (χ1n) is 11.1. The number of fused-ring (bicyclic) bond motifs is 2. The maximum Gasteiger partial charge on any atom is 0.251 e. The SMILES string of the molecule is Cc1ccc([C@H](C(=O)Nc2ccc3c(c2)OCO3)N(C)C(=O)/C=C/c2ccc3c(c2)OCO3)cc1. The molecule has 5 rings (SSSR count). The second-order valence-corrected chi connectivity index (χ2v) is 8.27. The third-order valence-corrected chi connectivity index (χ3v) is 5.83.